The number of aromatic nitrogens is 2. The van der Waals surface area contributed by atoms with Crippen LogP contribution in [-0.2, 0) is 13.6 Å². The second-order valence-corrected chi connectivity index (χ2v) is 7.37. The van der Waals surface area contributed by atoms with E-state index in [0.29, 0.717) is 12.0 Å². The van der Waals surface area contributed by atoms with Crippen molar-refractivity contribution < 1.29 is 4.79 Å². The second-order valence-electron chi connectivity index (χ2n) is 7.37. The van der Waals surface area contributed by atoms with Crippen LogP contribution in [-0.4, -0.2) is 46.2 Å². The van der Waals surface area contributed by atoms with Crippen molar-refractivity contribution in [2.75, 3.05) is 19.6 Å². The van der Waals surface area contributed by atoms with Crippen LogP contribution in [0.25, 0.3) is 0 Å². The number of amides is 2. The van der Waals surface area contributed by atoms with Crippen LogP contribution >= 0.6 is 0 Å². The fourth-order valence-corrected chi connectivity index (χ4v) is 3.98. The zero-order valence-electron chi connectivity index (χ0n) is 14.8. The average molecular weight is 333 g/mol. The number of piperidine rings is 1. The van der Waals surface area contributed by atoms with Crippen LogP contribution in [0, 0.1) is 5.92 Å². The average Bonchev–Trinajstić information content (AvgIpc) is 3.20. The Hall–Kier alpha value is -1.56. The van der Waals surface area contributed by atoms with E-state index in [4.69, 9.17) is 0 Å². The third kappa shape index (κ3) is 4.97. The molecule has 6 heteroatoms. The molecule has 1 aromatic rings. The molecule has 2 heterocycles. The molecule has 1 saturated heterocycles. The fraction of sp³-hybridized carbons (Fsp3) is 0.778. The Bertz CT molecular complexity index is 523. The highest BCUT2D eigenvalue weighted by Gasteiger charge is 2.21. The number of carbonyl (C=O) groups excluding carboxylic acids is 1. The summed E-state index contributed by atoms with van der Waals surface area (Å²) in [7, 11) is 2.05. The minimum atomic E-state index is 0.0163. The predicted molar refractivity (Wildman–Crippen MR) is 94.6 cm³/mol. The first-order valence-electron chi connectivity index (χ1n) is 9.43. The fourth-order valence-electron chi connectivity index (χ4n) is 3.98. The number of aryl methyl sites for hydroxylation is 1. The summed E-state index contributed by atoms with van der Waals surface area (Å²) in [6.45, 7) is 3.97. The van der Waals surface area contributed by atoms with Crippen molar-refractivity contribution in [3.8, 4) is 0 Å². The number of urea groups is 1. The zero-order valence-corrected chi connectivity index (χ0v) is 14.8. The Morgan fingerprint density at radius 1 is 1.29 bits per heavy atom. The summed E-state index contributed by atoms with van der Waals surface area (Å²) in [5, 5.41) is 6.13. The Kier molecular flexibility index (Phi) is 6.12. The quantitative estimate of drug-likeness (QED) is 0.839. The topological polar surface area (TPSA) is 62.2 Å². The Labute approximate surface area is 145 Å². The van der Waals surface area contributed by atoms with Crippen molar-refractivity contribution >= 4 is 6.03 Å². The smallest absolute Gasteiger partial charge is 0.315 e. The van der Waals surface area contributed by atoms with E-state index < -0.39 is 0 Å². The van der Waals surface area contributed by atoms with E-state index >= 15 is 0 Å². The molecule has 0 unspecified atom stereocenters. The molecule has 1 atom stereocenters. The molecule has 2 aliphatic rings. The molecule has 2 amide bonds. The van der Waals surface area contributed by atoms with Gasteiger partial charge in [0.15, 0.2) is 0 Å². The molecule has 0 radical (unpaired) electrons. The summed E-state index contributed by atoms with van der Waals surface area (Å²) in [6.07, 6.45) is 12.2. The third-order valence-corrected chi connectivity index (χ3v) is 5.42. The van der Waals surface area contributed by atoms with E-state index in [0.717, 1.165) is 51.3 Å². The number of hydrogen-bond donors (Lipinski definition) is 2. The van der Waals surface area contributed by atoms with Gasteiger partial charge in [-0.3, -0.25) is 4.90 Å². The lowest BCUT2D eigenvalue weighted by molar-refractivity contribution is 0.157. The van der Waals surface area contributed by atoms with E-state index in [-0.39, 0.29) is 6.03 Å². The Morgan fingerprint density at radius 2 is 2.12 bits per heavy atom. The molecule has 2 N–H and O–H groups in total. The maximum absolute atomic E-state index is 11.9. The van der Waals surface area contributed by atoms with E-state index in [2.05, 4.69) is 32.1 Å². The highest BCUT2D eigenvalue weighted by molar-refractivity contribution is 5.74. The number of hydrogen-bond acceptors (Lipinski definition) is 3. The lowest BCUT2D eigenvalue weighted by Gasteiger charge is -2.32. The van der Waals surface area contributed by atoms with Gasteiger partial charge in [0.1, 0.15) is 5.82 Å². The normalized spacial score (nSPS) is 22.6. The Morgan fingerprint density at radius 3 is 2.88 bits per heavy atom. The van der Waals surface area contributed by atoms with Crippen LogP contribution in [0.3, 0.4) is 0 Å². The van der Waals surface area contributed by atoms with Crippen molar-refractivity contribution in [3.63, 3.8) is 0 Å². The first-order chi connectivity index (χ1) is 11.7. The van der Waals surface area contributed by atoms with Crippen LogP contribution in [0.1, 0.15) is 50.8 Å². The number of imidazole rings is 1. The highest BCUT2D eigenvalue weighted by Crippen LogP contribution is 2.20. The molecule has 1 aliphatic carbocycles. The van der Waals surface area contributed by atoms with E-state index in [9.17, 15) is 4.79 Å². The molecule has 24 heavy (non-hydrogen) atoms. The summed E-state index contributed by atoms with van der Waals surface area (Å²) in [4.78, 5) is 18.8. The van der Waals surface area contributed by atoms with Gasteiger partial charge in [-0.2, -0.15) is 0 Å². The third-order valence-electron chi connectivity index (χ3n) is 5.42. The summed E-state index contributed by atoms with van der Waals surface area (Å²) in [6, 6.07) is 0.413. The summed E-state index contributed by atoms with van der Waals surface area (Å²) in [5.41, 5.74) is 0. The summed E-state index contributed by atoms with van der Waals surface area (Å²) < 4.78 is 2.10. The van der Waals surface area contributed by atoms with E-state index in [1.807, 2.05) is 12.4 Å². The summed E-state index contributed by atoms with van der Waals surface area (Å²) >= 11 is 0. The van der Waals surface area contributed by atoms with Crippen LogP contribution in [0.2, 0.25) is 0 Å². The lowest BCUT2D eigenvalue weighted by atomic mass is 9.95. The monoisotopic (exact) mass is 333 g/mol. The van der Waals surface area contributed by atoms with Gasteiger partial charge in [-0.15, -0.1) is 0 Å². The Balaban J connectivity index is 1.34. The van der Waals surface area contributed by atoms with Crippen molar-refractivity contribution in [2.24, 2.45) is 13.0 Å². The lowest BCUT2D eigenvalue weighted by Crippen LogP contribution is -2.42. The van der Waals surface area contributed by atoms with Crippen molar-refractivity contribution in [2.45, 2.75) is 57.5 Å². The number of nitrogens with one attached hydrogen (secondary N) is 2. The predicted octanol–water partition coefficient (Wildman–Crippen LogP) is 2.26. The standard InChI is InChI=1S/C18H31N5O/c1-22-12-10-19-17(22)14-23-11-4-5-15(13-23)8-9-20-18(24)21-16-6-2-3-7-16/h10,12,15-16H,2-9,11,13-14H2,1H3,(H2,20,21,24)/t15-/m0/s1. The molecular formula is C18H31N5O. The second kappa shape index (κ2) is 8.51. The molecule has 6 nitrogen and oxygen atoms in total. The molecule has 0 aromatic carbocycles. The van der Waals surface area contributed by atoms with Gasteiger partial charge in [-0.05, 0) is 44.6 Å². The molecule has 1 saturated carbocycles. The number of rotatable bonds is 6. The van der Waals surface area contributed by atoms with Crippen molar-refractivity contribution in [1.82, 2.24) is 25.1 Å². The van der Waals surface area contributed by atoms with Crippen LogP contribution in [0.4, 0.5) is 4.79 Å². The highest BCUT2D eigenvalue weighted by atomic mass is 16.2. The first-order valence-corrected chi connectivity index (χ1v) is 9.43. The summed E-state index contributed by atoms with van der Waals surface area (Å²) in [5.74, 6) is 1.80. The molecule has 3 rings (SSSR count). The molecule has 1 aliphatic heterocycles. The van der Waals surface area contributed by atoms with Gasteiger partial charge in [0.05, 0.1) is 6.54 Å². The van der Waals surface area contributed by atoms with Crippen molar-refractivity contribution in [3.05, 3.63) is 18.2 Å². The minimum absolute atomic E-state index is 0.0163. The van der Waals surface area contributed by atoms with E-state index in [1.54, 1.807) is 0 Å². The van der Waals surface area contributed by atoms with Crippen LogP contribution < -0.4 is 10.6 Å². The molecule has 0 spiro atoms. The number of nitrogens with zero attached hydrogens (tertiary/aromatic N) is 3. The number of likely N-dealkylation sites (tertiary alicyclic amines) is 1. The molecular weight excluding hydrogens is 302 g/mol. The largest absolute Gasteiger partial charge is 0.338 e. The zero-order chi connectivity index (χ0) is 16.8. The van der Waals surface area contributed by atoms with Gasteiger partial charge in [-0.1, -0.05) is 12.8 Å². The van der Waals surface area contributed by atoms with E-state index in [1.165, 1.54) is 25.7 Å². The SMILES string of the molecule is Cn1ccnc1CN1CCC[C@@H](CCNC(=O)NC2CCCC2)C1. The van der Waals surface area contributed by atoms with Gasteiger partial charge in [-0.25, -0.2) is 9.78 Å². The van der Waals surface area contributed by atoms with Crippen molar-refractivity contribution in [1.29, 1.82) is 0 Å². The minimum Gasteiger partial charge on any atom is -0.338 e. The van der Waals surface area contributed by atoms with Crippen LogP contribution in [0.15, 0.2) is 12.4 Å². The number of carbonyl (C=O) groups is 1. The molecule has 0 bridgehead atoms. The van der Waals surface area contributed by atoms with Gasteiger partial charge in [0.2, 0.25) is 0 Å². The van der Waals surface area contributed by atoms with Gasteiger partial charge < -0.3 is 15.2 Å². The van der Waals surface area contributed by atoms with Gasteiger partial charge in [0, 0.05) is 38.6 Å². The van der Waals surface area contributed by atoms with Gasteiger partial charge >= 0.3 is 6.03 Å². The van der Waals surface area contributed by atoms with Crippen LogP contribution in [0.5, 0.6) is 0 Å². The maximum atomic E-state index is 11.9. The maximum Gasteiger partial charge on any atom is 0.315 e. The first kappa shape index (κ1) is 17.3. The molecule has 1 aromatic heterocycles. The molecule has 2 fully saturated rings. The molecule has 134 valence electrons. The van der Waals surface area contributed by atoms with Gasteiger partial charge in [0.25, 0.3) is 0 Å².